The third-order valence-corrected chi connectivity index (χ3v) is 2.72. The van der Waals surface area contributed by atoms with Crippen LogP contribution in [0.2, 0.25) is 5.15 Å². The number of aromatic nitrogens is 1. The summed E-state index contributed by atoms with van der Waals surface area (Å²) in [6.07, 6.45) is 4.13. The van der Waals surface area contributed by atoms with Gasteiger partial charge in [0.1, 0.15) is 0 Å². The zero-order valence-corrected chi connectivity index (χ0v) is 7.96. The second kappa shape index (κ2) is 3.16. The lowest BCUT2D eigenvalue weighted by Crippen LogP contribution is -2.13. The number of hydrogen-bond donors (Lipinski definition) is 2. The minimum atomic E-state index is 0.0760. The number of rotatable bonds is 2. The van der Waals surface area contributed by atoms with Gasteiger partial charge in [0.2, 0.25) is 0 Å². The van der Waals surface area contributed by atoms with Crippen LogP contribution in [-0.2, 0) is 0 Å². The highest BCUT2D eigenvalue weighted by atomic mass is 35.5. The van der Waals surface area contributed by atoms with Gasteiger partial charge in [-0.25, -0.2) is 4.98 Å². The summed E-state index contributed by atoms with van der Waals surface area (Å²) >= 11 is 5.70. The molecule has 1 aromatic rings. The molecule has 1 atom stereocenters. The van der Waals surface area contributed by atoms with Crippen molar-refractivity contribution in [3.8, 4) is 0 Å². The van der Waals surface area contributed by atoms with Crippen molar-refractivity contribution in [3.63, 3.8) is 0 Å². The zero-order valence-electron chi connectivity index (χ0n) is 7.20. The summed E-state index contributed by atoms with van der Waals surface area (Å²) in [5.74, 6) is 0.613. The fourth-order valence-electron chi connectivity index (χ4n) is 1.39. The van der Waals surface area contributed by atoms with E-state index < -0.39 is 0 Å². The summed E-state index contributed by atoms with van der Waals surface area (Å²) in [5, 5.41) is 0.353. The van der Waals surface area contributed by atoms with Crippen molar-refractivity contribution in [2.24, 2.45) is 11.7 Å². The number of pyridine rings is 1. The number of halogens is 1. The maximum atomic E-state index is 5.98. The van der Waals surface area contributed by atoms with Gasteiger partial charge in [-0.05, 0) is 30.4 Å². The first kappa shape index (κ1) is 8.78. The van der Waals surface area contributed by atoms with Gasteiger partial charge in [-0.2, -0.15) is 0 Å². The van der Waals surface area contributed by atoms with Gasteiger partial charge >= 0.3 is 0 Å². The highest BCUT2D eigenvalue weighted by Gasteiger charge is 2.29. The lowest BCUT2D eigenvalue weighted by atomic mass is 10.1. The monoisotopic (exact) mass is 197 g/mol. The SMILES string of the molecule is Nc1cc([C@H](N)C2CC2)cnc1Cl. The van der Waals surface area contributed by atoms with Gasteiger partial charge in [0.15, 0.2) is 5.15 Å². The molecule has 4 N–H and O–H groups in total. The average Bonchev–Trinajstić information content (AvgIpc) is 2.91. The van der Waals surface area contributed by atoms with Crippen molar-refractivity contribution >= 4 is 17.3 Å². The molecule has 3 nitrogen and oxygen atoms in total. The van der Waals surface area contributed by atoms with E-state index in [-0.39, 0.29) is 6.04 Å². The third kappa shape index (κ3) is 1.76. The summed E-state index contributed by atoms with van der Waals surface area (Å²) < 4.78 is 0. The fourth-order valence-corrected chi connectivity index (χ4v) is 1.50. The highest BCUT2D eigenvalue weighted by molar-refractivity contribution is 6.31. The summed E-state index contributed by atoms with van der Waals surface area (Å²) in [5.41, 5.74) is 13.1. The number of nitrogen functional groups attached to an aromatic ring is 1. The van der Waals surface area contributed by atoms with Crippen LogP contribution in [0.4, 0.5) is 5.69 Å². The van der Waals surface area contributed by atoms with E-state index in [1.807, 2.05) is 6.07 Å². The molecule has 70 valence electrons. The van der Waals surface area contributed by atoms with E-state index in [1.54, 1.807) is 6.20 Å². The van der Waals surface area contributed by atoms with Gasteiger partial charge in [0.25, 0.3) is 0 Å². The Labute approximate surface area is 82.1 Å². The second-order valence-electron chi connectivity index (χ2n) is 3.51. The molecule has 1 heterocycles. The van der Waals surface area contributed by atoms with Crippen molar-refractivity contribution in [1.82, 2.24) is 4.98 Å². The number of anilines is 1. The zero-order chi connectivity index (χ0) is 9.42. The van der Waals surface area contributed by atoms with E-state index in [4.69, 9.17) is 23.1 Å². The molecule has 1 fully saturated rings. The molecule has 1 aromatic heterocycles. The first-order valence-electron chi connectivity index (χ1n) is 4.35. The molecule has 0 radical (unpaired) electrons. The molecule has 0 bridgehead atoms. The Hall–Kier alpha value is -0.800. The van der Waals surface area contributed by atoms with Crippen LogP contribution in [0.25, 0.3) is 0 Å². The Kier molecular flexibility index (Phi) is 2.14. The fraction of sp³-hybridized carbons (Fsp3) is 0.444. The van der Waals surface area contributed by atoms with Crippen LogP contribution < -0.4 is 11.5 Å². The molecule has 0 amide bonds. The lowest BCUT2D eigenvalue weighted by Gasteiger charge is -2.10. The van der Waals surface area contributed by atoms with E-state index in [2.05, 4.69) is 4.98 Å². The molecule has 4 heteroatoms. The summed E-state index contributed by atoms with van der Waals surface area (Å²) in [4.78, 5) is 3.97. The molecular weight excluding hydrogens is 186 g/mol. The van der Waals surface area contributed by atoms with Crippen molar-refractivity contribution in [2.75, 3.05) is 5.73 Å². The predicted molar refractivity (Wildman–Crippen MR) is 53.3 cm³/mol. The maximum Gasteiger partial charge on any atom is 0.151 e. The van der Waals surface area contributed by atoms with E-state index in [0.717, 1.165) is 5.56 Å². The summed E-state index contributed by atoms with van der Waals surface area (Å²) in [7, 11) is 0. The van der Waals surface area contributed by atoms with Gasteiger partial charge in [0.05, 0.1) is 5.69 Å². The number of hydrogen-bond acceptors (Lipinski definition) is 3. The van der Waals surface area contributed by atoms with Crippen LogP contribution in [0.15, 0.2) is 12.3 Å². The Morgan fingerprint density at radius 1 is 1.54 bits per heavy atom. The minimum absolute atomic E-state index is 0.0760. The Balaban J connectivity index is 2.24. The number of nitrogens with two attached hydrogens (primary N) is 2. The second-order valence-corrected chi connectivity index (χ2v) is 3.87. The molecule has 1 saturated carbocycles. The molecular formula is C9H12ClN3. The van der Waals surface area contributed by atoms with Crippen LogP contribution in [0.3, 0.4) is 0 Å². The van der Waals surface area contributed by atoms with E-state index in [1.165, 1.54) is 12.8 Å². The van der Waals surface area contributed by atoms with Crippen LogP contribution in [0.1, 0.15) is 24.4 Å². The van der Waals surface area contributed by atoms with Crippen molar-refractivity contribution < 1.29 is 0 Å². The molecule has 1 aliphatic carbocycles. The van der Waals surface area contributed by atoms with Gasteiger partial charge in [0, 0.05) is 12.2 Å². The van der Waals surface area contributed by atoms with E-state index in [0.29, 0.717) is 16.8 Å². The van der Waals surface area contributed by atoms with Gasteiger partial charge in [-0.15, -0.1) is 0 Å². The molecule has 0 unspecified atom stereocenters. The molecule has 0 aromatic carbocycles. The smallest absolute Gasteiger partial charge is 0.151 e. The van der Waals surface area contributed by atoms with Gasteiger partial charge in [-0.3, -0.25) is 0 Å². The molecule has 1 aliphatic rings. The van der Waals surface area contributed by atoms with Crippen molar-refractivity contribution in [3.05, 3.63) is 23.0 Å². The van der Waals surface area contributed by atoms with E-state index in [9.17, 15) is 0 Å². The first-order chi connectivity index (χ1) is 6.18. The first-order valence-corrected chi connectivity index (χ1v) is 4.73. The topological polar surface area (TPSA) is 64.9 Å². The van der Waals surface area contributed by atoms with Crippen LogP contribution in [0.5, 0.6) is 0 Å². The molecule has 0 saturated heterocycles. The average molecular weight is 198 g/mol. The molecule has 2 rings (SSSR count). The summed E-state index contributed by atoms with van der Waals surface area (Å²) in [6.45, 7) is 0. The standard InChI is InChI=1S/C9H12ClN3/c10-9-7(11)3-6(4-13-9)8(12)5-1-2-5/h3-5,8H,1-2,11-12H2/t8-/m1/s1. The van der Waals surface area contributed by atoms with Crippen LogP contribution >= 0.6 is 11.6 Å². The normalized spacial score (nSPS) is 18.6. The molecule has 0 aliphatic heterocycles. The molecule has 13 heavy (non-hydrogen) atoms. The third-order valence-electron chi connectivity index (χ3n) is 2.40. The Bertz CT molecular complexity index is 323. The minimum Gasteiger partial charge on any atom is -0.396 e. The van der Waals surface area contributed by atoms with Crippen LogP contribution in [-0.4, -0.2) is 4.98 Å². The van der Waals surface area contributed by atoms with Crippen molar-refractivity contribution in [1.29, 1.82) is 0 Å². The highest BCUT2D eigenvalue weighted by Crippen LogP contribution is 2.39. The predicted octanol–water partition coefficient (Wildman–Crippen LogP) is 1.73. The molecule has 0 spiro atoms. The lowest BCUT2D eigenvalue weighted by molar-refractivity contribution is 0.631. The number of nitrogens with zero attached hydrogens (tertiary/aromatic N) is 1. The Morgan fingerprint density at radius 3 is 2.77 bits per heavy atom. The van der Waals surface area contributed by atoms with Gasteiger partial charge in [-0.1, -0.05) is 11.6 Å². The quantitative estimate of drug-likeness (QED) is 0.710. The van der Waals surface area contributed by atoms with Crippen LogP contribution in [0, 0.1) is 5.92 Å². The van der Waals surface area contributed by atoms with E-state index >= 15 is 0 Å². The largest absolute Gasteiger partial charge is 0.396 e. The maximum absolute atomic E-state index is 5.98. The summed E-state index contributed by atoms with van der Waals surface area (Å²) in [6, 6.07) is 1.89. The Morgan fingerprint density at radius 2 is 2.23 bits per heavy atom. The van der Waals surface area contributed by atoms with Crippen molar-refractivity contribution in [2.45, 2.75) is 18.9 Å². The van der Waals surface area contributed by atoms with Gasteiger partial charge < -0.3 is 11.5 Å².